The Hall–Kier alpha value is -2.25. The summed E-state index contributed by atoms with van der Waals surface area (Å²) >= 11 is 0. The average molecular weight is 341 g/mol. The maximum atomic E-state index is 5.42. The highest BCUT2D eigenvalue weighted by atomic mass is 16.5. The van der Waals surface area contributed by atoms with E-state index in [9.17, 15) is 0 Å². The molecule has 0 saturated carbocycles. The van der Waals surface area contributed by atoms with Gasteiger partial charge in [-0.15, -0.1) is 0 Å². The summed E-state index contributed by atoms with van der Waals surface area (Å²) in [7, 11) is 1.67. The fourth-order valence-electron chi connectivity index (χ4n) is 3.44. The predicted molar refractivity (Wildman–Crippen MR) is 93.0 cm³/mol. The van der Waals surface area contributed by atoms with Crippen LogP contribution in [0.4, 0.5) is 0 Å². The highest BCUT2D eigenvalue weighted by molar-refractivity contribution is 5.74. The fraction of sp³-hybridized carbons (Fsp3) is 0.500. The quantitative estimate of drug-likeness (QED) is 0.742. The van der Waals surface area contributed by atoms with E-state index in [0.717, 1.165) is 29.8 Å². The van der Waals surface area contributed by atoms with Crippen LogP contribution < -0.4 is 0 Å². The Morgan fingerprint density at radius 3 is 3.08 bits per heavy atom. The number of likely N-dealkylation sites (tertiary alicyclic amines) is 1. The highest BCUT2D eigenvalue weighted by Crippen LogP contribution is 2.31. The second-order valence-corrected chi connectivity index (χ2v) is 6.47. The number of ether oxygens (including phenoxy) is 1. The molecule has 0 radical (unpaired) electrons. The first-order valence-electron chi connectivity index (χ1n) is 8.82. The summed E-state index contributed by atoms with van der Waals surface area (Å²) in [6, 6.07) is 8.42. The van der Waals surface area contributed by atoms with Crippen molar-refractivity contribution in [2.75, 3.05) is 20.3 Å². The van der Waals surface area contributed by atoms with Crippen molar-refractivity contribution in [2.45, 2.75) is 38.3 Å². The number of imidazole rings is 1. The number of hydrogen-bond acceptors (Lipinski definition) is 6. The molecule has 1 unspecified atom stereocenters. The largest absolute Gasteiger partial charge is 0.384 e. The van der Waals surface area contributed by atoms with Crippen molar-refractivity contribution in [1.82, 2.24) is 25.0 Å². The number of hydrogen-bond donors (Lipinski definition) is 1. The minimum absolute atomic E-state index is 0.260. The molecule has 7 nitrogen and oxygen atoms in total. The van der Waals surface area contributed by atoms with Gasteiger partial charge in [0.1, 0.15) is 5.82 Å². The molecule has 0 bridgehead atoms. The molecular formula is C18H23N5O2. The summed E-state index contributed by atoms with van der Waals surface area (Å²) in [4.78, 5) is 15.1. The Bertz CT molecular complexity index is 795. The first kappa shape index (κ1) is 16.2. The molecular weight excluding hydrogens is 318 g/mol. The molecule has 1 atom stereocenters. The number of aromatic amines is 1. The summed E-state index contributed by atoms with van der Waals surface area (Å²) in [5, 5.41) is 4.04. The molecule has 4 rings (SSSR count). The zero-order valence-corrected chi connectivity index (χ0v) is 14.4. The number of nitrogens with zero attached hydrogens (tertiary/aromatic N) is 4. The fourth-order valence-corrected chi connectivity index (χ4v) is 3.44. The summed E-state index contributed by atoms with van der Waals surface area (Å²) < 4.78 is 10.5. The highest BCUT2D eigenvalue weighted by Gasteiger charge is 2.28. The van der Waals surface area contributed by atoms with E-state index in [1.165, 1.54) is 12.8 Å². The molecule has 132 valence electrons. The number of rotatable bonds is 6. The van der Waals surface area contributed by atoms with E-state index < -0.39 is 0 Å². The second kappa shape index (κ2) is 7.33. The number of benzene rings is 1. The van der Waals surface area contributed by atoms with Crippen LogP contribution in [0, 0.1) is 0 Å². The molecule has 1 aliphatic rings. The molecule has 1 aromatic carbocycles. The van der Waals surface area contributed by atoms with E-state index in [-0.39, 0.29) is 6.04 Å². The van der Waals surface area contributed by atoms with Gasteiger partial charge < -0.3 is 14.2 Å². The predicted octanol–water partition coefficient (Wildman–Crippen LogP) is 2.86. The van der Waals surface area contributed by atoms with Gasteiger partial charge in [0.25, 0.3) is 0 Å². The normalized spacial score (nSPS) is 18.8. The molecule has 3 heterocycles. The minimum Gasteiger partial charge on any atom is -0.384 e. The zero-order valence-electron chi connectivity index (χ0n) is 14.4. The third kappa shape index (κ3) is 3.57. The van der Waals surface area contributed by atoms with Crippen molar-refractivity contribution >= 4 is 11.0 Å². The van der Waals surface area contributed by atoms with Gasteiger partial charge in [0.2, 0.25) is 5.89 Å². The maximum Gasteiger partial charge on any atom is 0.240 e. The van der Waals surface area contributed by atoms with Crippen LogP contribution >= 0.6 is 0 Å². The number of methoxy groups -OCH3 is 1. The second-order valence-electron chi connectivity index (χ2n) is 6.47. The maximum absolute atomic E-state index is 5.42. The van der Waals surface area contributed by atoms with Crippen LogP contribution in [0.15, 0.2) is 28.8 Å². The van der Waals surface area contributed by atoms with Gasteiger partial charge in [-0.2, -0.15) is 4.98 Å². The van der Waals surface area contributed by atoms with Crippen molar-refractivity contribution in [3.05, 3.63) is 41.8 Å². The number of H-pyrrole nitrogens is 1. The first-order valence-corrected chi connectivity index (χ1v) is 8.82. The third-order valence-corrected chi connectivity index (χ3v) is 4.72. The van der Waals surface area contributed by atoms with Gasteiger partial charge in [0, 0.05) is 13.5 Å². The summed E-state index contributed by atoms with van der Waals surface area (Å²) in [6.07, 6.45) is 4.15. The molecule has 25 heavy (non-hydrogen) atoms. The molecule has 7 heteroatoms. The van der Waals surface area contributed by atoms with E-state index in [2.05, 4.69) is 26.1 Å². The van der Waals surface area contributed by atoms with E-state index in [1.807, 2.05) is 18.2 Å². The first-order chi connectivity index (χ1) is 12.3. The smallest absolute Gasteiger partial charge is 0.240 e. The lowest BCUT2D eigenvalue weighted by molar-refractivity contribution is 0.119. The standard InChI is InChI=1S/C18H23N5O2/c1-24-11-9-16-21-17(25-22-16)12-23-10-5-4-8-15(23)18-19-13-6-2-3-7-14(13)20-18/h2-3,6-7,15H,4-5,8-12H2,1H3,(H,19,20). The van der Waals surface area contributed by atoms with Gasteiger partial charge in [-0.1, -0.05) is 23.7 Å². The number of fused-ring (bicyclic) bond motifs is 1. The monoisotopic (exact) mass is 341 g/mol. The van der Waals surface area contributed by atoms with Gasteiger partial charge in [-0.05, 0) is 31.5 Å². The zero-order chi connectivity index (χ0) is 17.1. The summed E-state index contributed by atoms with van der Waals surface area (Å²) in [6.45, 7) is 2.27. The van der Waals surface area contributed by atoms with Crippen LogP contribution in [0.3, 0.4) is 0 Å². The Balaban J connectivity index is 1.51. The topological polar surface area (TPSA) is 80.1 Å². The number of para-hydroxylation sites is 2. The molecule has 0 aliphatic carbocycles. The Kier molecular flexibility index (Phi) is 4.76. The van der Waals surface area contributed by atoms with Gasteiger partial charge >= 0.3 is 0 Å². The molecule has 1 aliphatic heterocycles. The van der Waals surface area contributed by atoms with E-state index in [4.69, 9.17) is 14.2 Å². The van der Waals surface area contributed by atoms with Crippen molar-refractivity contribution < 1.29 is 9.26 Å². The van der Waals surface area contributed by atoms with E-state index in [1.54, 1.807) is 7.11 Å². The average Bonchev–Trinajstić information content (AvgIpc) is 3.27. The van der Waals surface area contributed by atoms with Crippen LogP contribution in [-0.4, -0.2) is 45.3 Å². The Morgan fingerprint density at radius 2 is 2.20 bits per heavy atom. The van der Waals surface area contributed by atoms with Crippen LogP contribution in [0.25, 0.3) is 11.0 Å². The van der Waals surface area contributed by atoms with E-state index >= 15 is 0 Å². The molecule has 0 amide bonds. The third-order valence-electron chi connectivity index (χ3n) is 4.72. The van der Waals surface area contributed by atoms with Gasteiger partial charge in [0.05, 0.1) is 30.2 Å². The van der Waals surface area contributed by atoms with Crippen LogP contribution in [0.1, 0.15) is 42.8 Å². The van der Waals surface area contributed by atoms with E-state index in [0.29, 0.717) is 31.3 Å². The number of nitrogens with one attached hydrogen (secondary N) is 1. The molecule has 0 spiro atoms. The lowest BCUT2D eigenvalue weighted by atomic mass is 10.0. The number of piperidine rings is 1. The lowest BCUT2D eigenvalue weighted by Crippen LogP contribution is -2.33. The SMILES string of the molecule is COCCc1noc(CN2CCCCC2c2nc3ccccc3[nH]2)n1. The number of aromatic nitrogens is 4. The van der Waals surface area contributed by atoms with Gasteiger partial charge in [-0.3, -0.25) is 4.90 Å². The molecule has 1 N–H and O–H groups in total. The van der Waals surface area contributed by atoms with Crippen molar-refractivity contribution in [1.29, 1.82) is 0 Å². The van der Waals surface area contributed by atoms with Crippen molar-refractivity contribution in [2.24, 2.45) is 0 Å². The molecule has 2 aromatic heterocycles. The molecule has 3 aromatic rings. The van der Waals surface area contributed by atoms with Gasteiger partial charge in [-0.25, -0.2) is 4.98 Å². The minimum atomic E-state index is 0.260. The molecule has 1 saturated heterocycles. The summed E-state index contributed by atoms with van der Waals surface area (Å²) in [5.74, 6) is 2.39. The van der Waals surface area contributed by atoms with Crippen LogP contribution in [0.5, 0.6) is 0 Å². The Morgan fingerprint density at radius 1 is 1.28 bits per heavy atom. The lowest BCUT2D eigenvalue weighted by Gasteiger charge is -2.33. The Labute approximate surface area is 146 Å². The van der Waals surface area contributed by atoms with Crippen molar-refractivity contribution in [3.8, 4) is 0 Å². The molecule has 1 fully saturated rings. The van der Waals surface area contributed by atoms with Crippen LogP contribution in [0.2, 0.25) is 0 Å². The summed E-state index contributed by atoms with van der Waals surface area (Å²) in [5.41, 5.74) is 2.10. The van der Waals surface area contributed by atoms with Crippen molar-refractivity contribution in [3.63, 3.8) is 0 Å². The van der Waals surface area contributed by atoms with Gasteiger partial charge in [0.15, 0.2) is 5.82 Å². The van der Waals surface area contributed by atoms with Crippen LogP contribution in [-0.2, 0) is 17.7 Å².